The summed E-state index contributed by atoms with van der Waals surface area (Å²) in [5.74, 6) is 1.63. The van der Waals surface area contributed by atoms with Crippen LogP contribution in [0.3, 0.4) is 0 Å². The molecule has 0 atom stereocenters. The Bertz CT molecular complexity index is 857. The molecule has 7 heteroatoms. The van der Waals surface area contributed by atoms with E-state index >= 15 is 0 Å². The SMILES string of the molecule is OCCN1[C]N(CN2[C]N(CCOc3ccc(OCc4ccccc4)cc3)C=C2)C=C1. The van der Waals surface area contributed by atoms with Crippen molar-refractivity contribution in [2.75, 3.05) is 33.0 Å². The lowest BCUT2D eigenvalue weighted by atomic mass is 10.2. The Kier molecular flexibility index (Phi) is 7.18. The van der Waals surface area contributed by atoms with Gasteiger partial charge >= 0.3 is 0 Å². The van der Waals surface area contributed by atoms with Crippen LogP contribution in [0.2, 0.25) is 0 Å². The van der Waals surface area contributed by atoms with E-state index < -0.39 is 0 Å². The van der Waals surface area contributed by atoms with Gasteiger partial charge in [0.15, 0.2) is 0 Å². The van der Waals surface area contributed by atoms with Gasteiger partial charge in [0, 0.05) is 31.3 Å². The molecule has 0 unspecified atom stereocenters. The lowest BCUT2D eigenvalue weighted by molar-refractivity contribution is 0.205. The third-order valence-corrected chi connectivity index (χ3v) is 4.69. The largest absolute Gasteiger partial charge is 0.492 e. The van der Waals surface area contributed by atoms with Crippen molar-refractivity contribution >= 4 is 0 Å². The fourth-order valence-corrected chi connectivity index (χ4v) is 3.10. The number of benzene rings is 2. The van der Waals surface area contributed by atoms with Crippen LogP contribution in [0.1, 0.15) is 5.56 Å². The maximum Gasteiger partial charge on any atom is 0.209 e. The Labute approximate surface area is 184 Å². The topological polar surface area (TPSA) is 51.7 Å². The van der Waals surface area contributed by atoms with Crippen molar-refractivity contribution in [2.24, 2.45) is 0 Å². The minimum absolute atomic E-state index is 0.101. The smallest absolute Gasteiger partial charge is 0.209 e. The highest BCUT2D eigenvalue weighted by molar-refractivity contribution is 5.31. The molecule has 0 aliphatic carbocycles. The van der Waals surface area contributed by atoms with E-state index in [0.29, 0.717) is 33.0 Å². The maximum atomic E-state index is 8.98. The standard InChI is InChI=1S/C24H26N4O3/c29-16-14-25-10-12-27(19-25)21-28-13-11-26(20-28)15-17-30-23-6-8-24(9-7-23)31-18-22-4-2-1-3-5-22/h1-13,29H,14-18,21H2. The second kappa shape index (κ2) is 10.6. The van der Waals surface area contributed by atoms with Crippen LogP contribution in [0.4, 0.5) is 0 Å². The summed E-state index contributed by atoms with van der Waals surface area (Å²) in [6.45, 7) is 9.45. The molecule has 1 N–H and O–H groups in total. The van der Waals surface area contributed by atoms with Crippen molar-refractivity contribution in [3.8, 4) is 11.5 Å². The van der Waals surface area contributed by atoms with Crippen LogP contribution < -0.4 is 9.47 Å². The van der Waals surface area contributed by atoms with E-state index in [4.69, 9.17) is 14.6 Å². The van der Waals surface area contributed by atoms with Gasteiger partial charge in [-0.1, -0.05) is 30.3 Å². The van der Waals surface area contributed by atoms with E-state index in [2.05, 4.69) is 13.3 Å². The first kappa shape index (κ1) is 20.9. The summed E-state index contributed by atoms with van der Waals surface area (Å²) in [5, 5.41) is 8.98. The third-order valence-electron chi connectivity index (χ3n) is 4.69. The summed E-state index contributed by atoms with van der Waals surface area (Å²) in [7, 11) is 0. The zero-order valence-electron chi connectivity index (χ0n) is 17.3. The fourth-order valence-electron chi connectivity index (χ4n) is 3.10. The molecule has 0 spiro atoms. The van der Waals surface area contributed by atoms with Gasteiger partial charge in [0.1, 0.15) is 24.7 Å². The average molecular weight is 418 g/mol. The van der Waals surface area contributed by atoms with E-state index in [1.165, 1.54) is 0 Å². The van der Waals surface area contributed by atoms with Gasteiger partial charge < -0.3 is 34.2 Å². The minimum Gasteiger partial charge on any atom is -0.492 e. The van der Waals surface area contributed by atoms with Gasteiger partial charge in [-0.3, -0.25) is 0 Å². The molecule has 0 bridgehead atoms. The summed E-state index contributed by atoms with van der Waals surface area (Å²) in [5.41, 5.74) is 1.14. The third kappa shape index (κ3) is 6.33. The summed E-state index contributed by atoms with van der Waals surface area (Å²) < 4.78 is 11.6. The second-order valence-corrected chi connectivity index (χ2v) is 7.08. The molecule has 0 aromatic heterocycles. The number of rotatable bonds is 11. The van der Waals surface area contributed by atoms with Crippen molar-refractivity contribution in [3.05, 3.63) is 98.3 Å². The lowest BCUT2D eigenvalue weighted by Gasteiger charge is -2.24. The molecule has 0 saturated carbocycles. The molecule has 2 aliphatic heterocycles. The second-order valence-electron chi connectivity index (χ2n) is 7.08. The Morgan fingerprint density at radius 3 is 1.90 bits per heavy atom. The van der Waals surface area contributed by atoms with Gasteiger partial charge in [-0.2, -0.15) is 0 Å². The molecule has 4 rings (SSSR count). The summed E-state index contributed by atoms with van der Waals surface area (Å²) in [4.78, 5) is 7.64. The molecular weight excluding hydrogens is 392 g/mol. The van der Waals surface area contributed by atoms with E-state index in [1.807, 2.05) is 99.0 Å². The normalized spacial score (nSPS) is 15.3. The van der Waals surface area contributed by atoms with Gasteiger partial charge in [0.2, 0.25) is 13.3 Å². The molecular formula is C24H26N4O3. The molecule has 0 saturated heterocycles. The van der Waals surface area contributed by atoms with Crippen molar-refractivity contribution < 1.29 is 14.6 Å². The van der Waals surface area contributed by atoms with Crippen LogP contribution in [0.15, 0.2) is 79.4 Å². The van der Waals surface area contributed by atoms with Crippen LogP contribution in [-0.2, 0) is 6.61 Å². The van der Waals surface area contributed by atoms with Crippen molar-refractivity contribution in [1.82, 2.24) is 19.6 Å². The maximum absolute atomic E-state index is 8.98. The monoisotopic (exact) mass is 418 g/mol. The molecule has 2 aliphatic rings. The molecule has 160 valence electrons. The Morgan fingerprint density at radius 1 is 0.677 bits per heavy atom. The van der Waals surface area contributed by atoms with Crippen molar-refractivity contribution in [2.45, 2.75) is 6.61 Å². The Hall–Kier alpha value is -3.32. The summed E-state index contributed by atoms with van der Waals surface area (Å²) in [6, 6.07) is 17.8. The zero-order valence-corrected chi connectivity index (χ0v) is 17.3. The number of ether oxygens (including phenoxy) is 2. The average Bonchev–Trinajstić information content (AvgIpc) is 3.44. The van der Waals surface area contributed by atoms with Crippen LogP contribution in [0.25, 0.3) is 0 Å². The predicted octanol–water partition coefficient (Wildman–Crippen LogP) is 2.76. The molecule has 0 fully saturated rings. The molecule has 0 amide bonds. The Morgan fingerprint density at radius 2 is 1.26 bits per heavy atom. The van der Waals surface area contributed by atoms with Gasteiger partial charge in [-0.15, -0.1) is 0 Å². The van der Waals surface area contributed by atoms with Crippen LogP contribution in [0, 0.1) is 13.3 Å². The first-order valence-corrected chi connectivity index (χ1v) is 10.2. The van der Waals surface area contributed by atoms with Gasteiger partial charge in [0.25, 0.3) is 0 Å². The van der Waals surface area contributed by atoms with Crippen LogP contribution in [0.5, 0.6) is 11.5 Å². The van der Waals surface area contributed by atoms with Gasteiger partial charge in [-0.25, -0.2) is 0 Å². The number of hydrogen-bond donors (Lipinski definition) is 1. The van der Waals surface area contributed by atoms with Gasteiger partial charge in [-0.05, 0) is 29.8 Å². The molecule has 2 aromatic carbocycles. The van der Waals surface area contributed by atoms with Crippen molar-refractivity contribution in [3.63, 3.8) is 0 Å². The zero-order chi connectivity index (χ0) is 21.3. The summed E-state index contributed by atoms with van der Waals surface area (Å²) >= 11 is 0. The number of nitrogens with zero attached hydrogens (tertiary/aromatic N) is 4. The molecule has 2 heterocycles. The quantitative estimate of drug-likeness (QED) is 0.602. The van der Waals surface area contributed by atoms with Crippen LogP contribution in [-0.4, -0.2) is 57.7 Å². The van der Waals surface area contributed by atoms with Crippen molar-refractivity contribution in [1.29, 1.82) is 0 Å². The first-order valence-electron chi connectivity index (χ1n) is 10.2. The molecule has 7 nitrogen and oxygen atoms in total. The Balaban J connectivity index is 1.12. The number of aliphatic hydroxyl groups is 1. The number of hydrogen-bond acceptors (Lipinski definition) is 7. The van der Waals surface area contributed by atoms with E-state index in [9.17, 15) is 0 Å². The first-order chi connectivity index (χ1) is 15.3. The van der Waals surface area contributed by atoms with Crippen LogP contribution >= 0.6 is 0 Å². The number of β-amino-alcohol motifs (C(OH)–C–C–N with tert-alkyl or cyclic N) is 1. The van der Waals surface area contributed by atoms with E-state index in [0.717, 1.165) is 17.1 Å². The highest BCUT2D eigenvalue weighted by Gasteiger charge is 2.20. The molecule has 2 aromatic rings. The number of aliphatic hydroxyl groups excluding tert-OH is 1. The lowest BCUT2D eigenvalue weighted by Crippen LogP contribution is -2.31. The fraction of sp³-hybridized carbons (Fsp3) is 0.250. The predicted molar refractivity (Wildman–Crippen MR) is 117 cm³/mol. The van der Waals surface area contributed by atoms with E-state index in [1.54, 1.807) is 0 Å². The highest BCUT2D eigenvalue weighted by Crippen LogP contribution is 2.20. The summed E-state index contributed by atoms with van der Waals surface area (Å²) in [6.07, 6.45) is 7.74. The molecule has 31 heavy (non-hydrogen) atoms. The van der Waals surface area contributed by atoms with Gasteiger partial charge in [0.05, 0.1) is 19.8 Å². The van der Waals surface area contributed by atoms with E-state index in [-0.39, 0.29) is 6.61 Å². The highest BCUT2D eigenvalue weighted by atomic mass is 16.5. The molecule has 4 radical (unpaired) electrons. The minimum atomic E-state index is 0.101.